The van der Waals surface area contributed by atoms with Crippen molar-refractivity contribution in [2.75, 3.05) is 6.61 Å². The van der Waals surface area contributed by atoms with Gasteiger partial charge >= 0.3 is 12.1 Å². The lowest BCUT2D eigenvalue weighted by Crippen LogP contribution is -2.28. The maximum Gasteiger partial charge on any atom is 0.573 e. The van der Waals surface area contributed by atoms with Crippen molar-refractivity contribution in [3.05, 3.63) is 40.9 Å². The van der Waals surface area contributed by atoms with Gasteiger partial charge in [-0.3, -0.25) is 9.55 Å². The topological polar surface area (TPSA) is 93.0 Å². The van der Waals surface area contributed by atoms with E-state index >= 15 is 0 Å². The fourth-order valence-electron chi connectivity index (χ4n) is 2.76. The number of aliphatic hydroxyl groups excluding tert-OH is 1. The predicted molar refractivity (Wildman–Crippen MR) is 91.2 cm³/mol. The number of aromatic amines is 1. The summed E-state index contributed by atoms with van der Waals surface area (Å²) in [5.74, 6) is -0.380. The highest BCUT2D eigenvalue weighted by molar-refractivity contribution is 5.71. The molecule has 2 N–H and O–H groups in total. The molecule has 10 heteroatoms. The zero-order valence-electron chi connectivity index (χ0n) is 14.5. The van der Waals surface area contributed by atoms with Gasteiger partial charge in [0, 0.05) is 5.56 Å². The van der Waals surface area contributed by atoms with Gasteiger partial charge in [-0.1, -0.05) is 13.8 Å². The minimum absolute atomic E-state index is 0.0315. The molecule has 144 valence electrons. The molecule has 0 aliphatic rings. The summed E-state index contributed by atoms with van der Waals surface area (Å²) in [4.78, 5) is 23.4. The number of halogens is 3. The number of H-pyrrole nitrogens is 1. The number of benzene rings is 1. The Hall–Kier alpha value is -2.88. The number of nitrogens with one attached hydrogen (secondary N) is 1. The molecule has 2 heterocycles. The monoisotopic (exact) mass is 382 g/mol. The van der Waals surface area contributed by atoms with Crippen LogP contribution < -0.4 is 10.4 Å². The van der Waals surface area contributed by atoms with Crippen molar-refractivity contribution in [3.8, 4) is 17.0 Å². The van der Waals surface area contributed by atoms with Gasteiger partial charge in [-0.2, -0.15) is 0 Å². The van der Waals surface area contributed by atoms with Crippen LogP contribution in [-0.4, -0.2) is 37.6 Å². The molecule has 0 radical (unpaired) electrons. The summed E-state index contributed by atoms with van der Waals surface area (Å²) in [5, 5.41) is 9.63. The molecule has 0 unspecified atom stereocenters. The molecule has 0 aliphatic carbocycles. The number of fused-ring (bicyclic) bond motifs is 1. The molecule has 0 aliphatic heterocycles. The van der Waals surface area contributed by atoms with E-state index in [0.717, 1.165) is 0 Å². The molecule has 0 fully saturated rings. The van der Waals surface area contributed by atoms with Crippen LogP contribution in [0.2, 0.25) is 0 Å². The Balaban J connectivity index is 2.02. The highest BCUT2D eigenvalue weighted by atomic mass is 19.4. The maximum atomic E-state index is 12.3. The van der Waals surface area contributed by atoms with E-state index in [0.29, 0.717) is 11.3 Å². The zero-order chi connectivity index (χ0) is 19.8. The highest BCUT2D eigenvalue weighted by Crippen LogP contribution is 2.26. The van der Waals surface area contributed by atoms with E-state index in [4.69, 9.17) is 0 Å². The number of rotatable bonds is 5. The van der Waals surface area contributed by atoms with Gasteiger partial charge in [0.2, 0.25) is 0 Å². The van der Waals surface area contributed by atoms with Gasteiger partial charge in [-0.05, 0) is 30.2 Å². The fourth-order valence-corrected chi connectivity index (χ4v) is 2.76. The molecule has 7 nitrogen and oxygen atoms in total. The second kappa shape index (κ2) is 7.03. The molecule has 0 spiro atoms. The van der Waals surface area contributed by atoms with Crippen molar-refractivity contribution in [2.45, 2.75) is 26.3 Å². The Kier molecular flexibility index (Phi) is 4.92. The maximum absolute atomic E-state index is 12.3. The number of hydrogen-bond acceptors (Lipinski definition) is 5. The van der Waals surface area contributed by atoms with E-state index in [1.165, 1.54) is 35.0 Å². The van der Waals surface area contributed by atoms with Crippen LogP contribution >= 0.6 is 0 Å². The largest absolute Gasteiger partial charge is 0.573 e. The van der Waals surface area contributed by atoms with Crippen LogP contribution in [0.1, 0.15) is 19.9 Å². The third-order valence-electron chi connectivity index (χ3n) is 4.10. The van der Waals surface area contributed by atoms with E-state index in [2.05, 4.69) is 19.7 Å². The first-order valence-corrected chi connectivity index (χ1v) is 8.14. The van der Waals surface area contributed by atoms with Gasteiger partial charge in [0.25, 0.3) is 0 Å². The molecule has 0 bridgehead atoms. The minimum Gasteiger partial charge on any atom is -0.406 e. The fraction of sp³-hybridized carbons (Fsp3) is 0.353. The van der Waals surface area contributed by atoms with Gasteiger partial charge in [0.05, 0.1) is 24.5 Å². The molecule has 0 saturated heterocycles. The Morgan fingerprint density at radius 3 is 2.48 bits per heavy atom. The van der Waals surface area contributed by atoms with Crippen LogP contribution in [0.15, 0.2) is 35.3 Å². The summed E-state index contributed by atoms with van der Waals surface area (Å²) >= 11 is 0. The van der Waals surface area contributed by atoms with Gasteiger partial charge in [0.1, 0.15) is 5.75 Å². The van der Waals surface area contributed by atoms with Gasteiger partial charge in [-0.25, -0.2) is 14.8 Å². The summed E-state index contributed by atoms with van der Waals surface area (Å²) in [6.07, 6.45) is -3.36. The number of imidazole rings is 1. The first-order chi connectivity index (χ1) is 12.7. The van der Waals surface area contributed by atoms with Crippen molar-refractivity contribution < 1.29 is 23.0 Å². The molecular formula is C17H17F3N4O3. The normalized spacial score (nSPS) is 13.3. The smallest absolute Gasteiger partial charge is 0.406 e. The Morgan fingerprint density at radius 2 is 1.93 bits per heavy atom. The molecule has 1 aromatic carbocycles. The Bertz CT molecular complexity index is 993. The average molecular weight is 382 g/mol. The summed E-state index contributed by atoms with van der Waals surface area (Å²) in [5.41, 5.74) is 0.961. The first-order valence-electron chi connectivity index (χ1n) is 8.14. The molecule has 0 amide bonds. The number of alkyl halides is 3. The first kappa shape index (κ1) is 18.9. The lowest BCUT2D eigenvalue weighted by Gasteiger charge is -2.19. The van der Waals surface area contributed by atoms with Crippen LogP contribution in [0.5, 0.6) is 5.75 Å². The van der Waals surface area contributed by atoms with Crippen molar-refractivity contribution in [2.24, 2.45) is 5.92 Å². The summed E-state index contributed by atoms with van der Waals surface area (Å²) in [6.45, 7) is 3.48. The van der Waals surface area contributed by atoms with E-state index in [1.807, 2.05) is 13.8 Å². The quantitative estimate of drug-likeness (QED) is 0.708. The average Bonchev–Trinajstić information content (AvgIpc) is 2.90. The lowest BCUT2D eigenvalue weighted by molar-refractivity contribution is -0.274. The molecule has 3 aromatic rings. The van der Waals surface area contributed by atoms with Crippen LogP contribution in [0.3, 0.4) is 0 Å². The number of aliphatic hydroxyl groups is 1. The summed E-state index contributed by atoms with van der Waals surface area (Å²) < 4.78 is 42.0. The summed E-state index contributed by atoms with van der Waals surface area (Å²) in [6, 6.07) is 4.68. The molecule has 0 saturated carbocycles. The van der Waals surface area contributed by atoms with Crippen molar-refractivity contribution in [1.29, 1.82) is 0 Å². The summed E-state index contributed by atoms with van der Waals surface area (Å²) in [7, 11) is 0. The standard InChI is InChI=1S/C17H17F3N4O3/c1-9(2)13(8-25)24-15-14(23-16(24)26)21-7-12(22-15)10-3-5-11(6-4-10)27-17(18,19)20/h3-7,9,13,25H,8H2,1-2H3,(H,21,23,26)/t13-/m0/s1. The van der Waals surface area contributed by atoms with Crippen LogP contribution in [0.4, 0.5) is 13.2 Å². The minimum atomic E-state index is -4.77. The van der Waals surface area contributed by atoms with E-state index in [9.17, 15) is 23.1 Å². The molecule has 3 rings (SSSR count). The van der Waals surface area contributed by atoms with E-state index in [-0.39, 0.29) is 29.6 Å². The molecular weight excluding hydrogens is 365 g/mol. The van der Waals surface area contributed by atoms with Crippen LogP contribution in [0, 0.1) is 5.92 Å². The van der Waals surface area contributed by atoms with E-state index in [1.54, 1.807) is 0 Å². The third-order valence-corrected chi connectivity index (χ3v) is 4.10. The number of hydrogen-bond donors (Lipinski definition) is 2. The number of aromatic nitrogens is 4. The lowest BCUT2D eigenvalue weighted by atomic mass is 10.1. The second-order valence-corrected chi connectivity index (χ2v) is 6.29. The van der Waals surface area contributed by atoms with Crippen LogP contribution in [0.25, 0.3) is 22.6 Å². The SMILES string of the molecule is CC(C)[C@H](CO)n1c(=O)[nH]c2ncc(-c3ccc(OC(F)(F)F)cc3)nc21. The van der Waals surface area contributed by atoms with E-state index < -0.39 is 18.1 Å². The number of nitrogens with zero attached hydrogens (tertiary/aromatic N) is 3. The molecule has 1 atom stereocenters. The van der Waals surface area contributed by atoms with Gasteiger partial charge < -0.3 is 9.84 Å². The Morgan fingerprint density at radius 1 is 1.26 bits per heavy atom. The van der Waals surface area contributed by atoms with Gasteiger partial charge in [0.15, 0.2) is 11.3 Å². The highest BCUT2D eigenvalue weighted by Gasteiger charge is 2.31. The van der Waals surface area contributed by atoms with Crippen molar-refractivity contribution >= 4 is 11.3 Å². The predicted octanol–water partition coefficient (Wildman–Crippen LogP) is 2.87. The molecule has 2 aromatic heterocycles. The second-order valence-electron chi connectivity index (χ2n) is 6.29. The van der Waals surface area contributed by atoms with Gasteiger partial charge in [-0.15, -0.1) is 13.2 Å². The Labute approximate surface area is 151 Å². The third kappa shape index (κ3) is 3.95. The van der Waals surface area contributed by atoms with Crippen molar-refractivity contribution in [3.63, 3.8) is 0 Å². The number of ether oxygens (including phenoxy) is 1. The van der Waals surface area contributed by atoms with Crippen LogP contribution in [-0.2, 0) is 0 Å². The zero-order valence-corrected chi connectivity index (χ0v) is 14.5. The molecule has 27 heavy (non-hydrogen) atoms. The van der Waals surface area contributed by atoms with Crippen molar-refractivity contribution in [1.82, 2.24) is 19.5 Å².